The zero-order valence-corrected chi connectivity index (χ0v) is 12.3. The van der Waals surface area contributed by atoms with Crippen molar-refractivity contribution in [1.82, 2.24) is 0 Å². The largest absolute Gasteiger partial charge is 0.490 e. The predicted octanol–water partition coefficient (Wildman–Crippen LogP) is 4.10. The first-order valence-electron chi connectivity index (χ1n) is 6.12. The summed E-state index contributed by atoms with van der Waals surface area (Å²) >= 11 is 3.43. The fourth-order valence-corrected chi connectivity index (χ4v) is 2.14. The Kier molecular flexibility index (Phi) is 4.82. The highest BCUT2D eigenvalue weighted by Gasteiger charge is 2.08. The Morgan fingerprint density at radius 3 is 2.47 bits per heavy atom. The lowest BCUT2D eigenvalue weighted by Gasteiger charge is -2.13. The highest BCUT2D eigenvalue weighted by atomic mass is 79.9. The summed E-state index contributed by atoms with van der Waals surface area (Å²) < 4.78 is 12.4. The summed E-state index contributed by atoms with van der Waals surface area (Å²) in [4.78, 5) is 0. The lowest BCUT2D eigenvalue weighted by Crippen LogP contribution is -2.00. The van der Waals surface area contributed by atoms with Gasteiger partial charge in [-0.05, 0) is 37.3 Å². The summed E-state index contributed by atoms with van der Waals surface area (Å²) in [5.41, 5.74) is 6.68. The maximum Gasteiger partial charge on any atom is 0.169 e. The van der Waals surface area contributed by atoms with Gasteiger partial charge < -0.3 is 15.2 Å². The molecule has 2 N–H and O–H groups in total. The summed E-state index contributed by atoms with van der Waals surface area (Å²) in [5, 5.41) is 0. The van der Waals surface area contributed by atoms with E-state index in [-0.39, 0.29) is 0 Å². The average molecular weight is 322 g/mol. The Bertz CT molecular complexity index is 558. The molecular weight excluding hydrogens is 306 g/mol. The molecule has 3 nitrogen and oxygen atoms in total. The van der Waals surface area contributed by atoms with Crippen molar-refractivity contribution in [2.75, 3.05) is 6.61 Å². The molecule has 19 heavy (non-hydrogen) atoms. The quantitative estimate of drug-likeness (QED) is 0.901. The number of ether oxygens (including phenoxy) is 2. The van der Waals surface area contributed by atoms with Crippen LogP contribution in [0, 0.1) is 0 Å². The smallest absolute Gasteiger partial charge is 0.169 e. The second kappa shape index (κ2) is 6.59. The molecule has 0 saturated carbocycles. The van der Waals surface area contributed by atoms with Gasteiger partial charge in [-0.2, -0.15) is 0 Å². The van der Waals surface area contributed by atoms with Crippen LogP contribution in [0.15, 0.2) is 46.9 Å². The Balaban J connectivity index is 2.30. The monoisotopic (exact) mass is 321 g/mol. The van der Waals surface area contributed by atoms with Gasteiger partial charge in [-0.25, -0.2) is 0 Å². The van der Waals surface area contributed by atoms with Crippen LogP contribution >= 0.6 is 15.9 Å². The lowest BCUT2D eigenvalue weighted by atomic mass is 10.2. The van der Waals surface area contributed by atoms with E-state index in [9.17, 15) is 0 Å². The number of rotatable bonds is 5. The van der Waals surface area contributed by atoms with Gasteiger partial charge in [-0.1, -0.05) is 28.1 Å². The molecule has 2 aromatic rings. The van der Waals surface area contributed by atoms with E-state index in [0.717, 1.165) is 21.5 Å². The first-order chi connectivity index (χ1) is 9.24. The molecule has 0 unspecified atom stereocenters. The summed E-state index contributed by atoms with van der Waals surface area (Å²) in [6.07, 6.45) is 0. The average Bonchev–Trinajstić information content (AvgIpc) is 2.43. The highest BCUT2D eigenvalue weighted by Crippen LogP contribution is 2.33. The van der Waals surface area contributed by atoms with Crippen LogP contribution in [0.3, 0.4) is 0 Å². The predicted molar refractivity (Wildman–Crippen MR) is 79.7 cm³/mol. The van der Waals surface area contributed by atoms with Crippen LogP contribution in [-0.2, 0) is 6.54 Å². The third-order valence-corrected chi connectivity index (χ3v) is 3.10. The van der Waals surface area contributed by atoms with Gasteiger partial charge in [0, 0.05) is 16.6 Å². The van der Waals surface area contributed by atoms with Gasteiger partial charge in [-0.3, -0.25) is 0 Å². The lowest BCUT2D eigenvalue weighted by molar-refractivity contribution is 0.321. The molecule has 2 rings (SSSR count). The minimum Gasteiger partial charge on any atom is -0.490 e. The van der Waals surface area contributed by atoms with E-state index in [1.54, 1.807) is 0 Å². The molecule has 0 amide bonds. The van der Waals surface area contributed by atoms with Gasteiger partial charge in [-0.15, -0.1) is 0 Å². The zero-order valence-electron chi connectivity index (χ0n) is 10.7. The van der Waals surface area contributed by atoms with Gasteiger partial charge in [0.15, 0.2) is 11.5 Å². The molecule has 0 radical (unpaired) electrons. The molecule has 2 aromatic carbocycles. The van der Waals surface area contributed by atoms with Crippen molar-refractivity contribution in [1.29, 1.82) is 0 Å². The minimum absolute atomic E-state index is 0.422. The zero-order chi connectivity index (χ0) is 13.7. The molecule has 4 heteroatoms. The van der Waals surface area contributed by atoms with Crippen molar-refractivity contribution >= 4 is 15.9 Å². The van der Waals surface area contributed by atoms with Crippen LogP contribution in [0.1, 0.15) is 12.5 Å². The Labute approximate surface area is 121 Å². The van der Waals surface area contributed by atoms with E-state index in [1.807, 2.05) is 49.4 Å². The Morgan fingerprint density at radius 2 is 1.79 bits per heavy atom. The number of benzene rings is 2. The van der Waals surface area contributed by atoms with Crippen LogP contribution in [0.4, 0.5) is 0 Å². The van der Waals surface area contributed by atoms with Crippen molar-refractivity contribution in [2.24, 2.45) is 5.73 Å². The van der Waals surface area contributed by atoms with E-state index in [1.165, 1.54) is 0 Å². The number of para-hydroxylation sites is 2. The number of hydrogen-bond donors (Lipinski definition) is 1. The van der Waals surface area contributed by atoms with E-state index in [2.05, 4.69) is 15.9 Å². The maximum atomic E-state index is 5.91. The van der Waals surface area contributed by atoms with E-state index >= 15 is 0 Å². The van der Waals surface area contributed by atoms with E-state index < -0.39 is 0 Å². The number of hydrogen-bond acceptors (Lipinski definition) is 3. The maximum absolute atomic E-state index is 5.91. The van der Waals surface area contributed by atoms with E-state index in [4.69, 9.17) is 15.2 Å². The van der Waals surface area contributed by atoms with Crippen molar-refractivity contribution in [3.63, 3.8) is 0 Å². The topological polar surface area (TPSA) is 44.5 Å². The van der Waals surface area contributed by atoms with Crippen LogP contribution in [0.5, 0.6) is 17.2 Å². The fraction of sp³-hybridized carbons (Fsp3) is 0.200. The molecule has 0 saturated heterocycles. The second-order valence-electron chi connectivity index (χ2n) is 3.94. The first-order valence-corrected chi connectivity index (χ1v) is 6.92. The second-order valence-corrected chi connectivity index (χ2v) is 4.85. The van der Waals surface area contributed by atoms with Crippen molar-refractivity contribution in [2.45, 2.75) is 13.5 Å². The van der Waals surface area contributed by atoms with Gasteiger partial charge in [0.1, 0.15) is 5.75 Å². The van der Waals surface area contributed by atoms with Crippen LogP contribution in [0.25, 0.3) is 0 Å². The third-order valence-electron chi connectivity index (χ3n) is 2.61. The van der Waals surface area contributed by atoms with Gasteiger partial charge >= 0.3 is 0 Å². The molecule has 100 valence electrons. The normalized spacial score (nSPS) is 10.3. The summed E-state index contributed by atoms with van der Waals surface area (Å²) in [6, 6.07) is 13.4. The third kappa shape index (κ3) is 3.49. The molecule has 0 bridgehead atoms. The summed E-state index contributed by atoms with van der Waals surface area (Å²) in [7, 11) is 0. The van der Waals surface area contributed by atoms with Gasteiger partial charge in [0.2, 0.25) is 0 Å². The SMILES string of the molecule is CCOc1ccccc1Oc1ccc(Br)cc1CN. The fourth-order valence-electron chi connectivity index (χ4n) is 1.73. The van der Waals surface area contributed by atoms with Crippen LogP contribution in [0.2, 0.25) is 0 Å². The standard InChI is InChI=1S/C15H16BrNO2/c1-2-18-14-5-3-4-6-15(14)19-13-8-7-12(16)9-11(13)10-17/h3-9H,2,10,17H2,1H3. The Hall–Kier alpha value is -1.52. The molecule has 0 aliphatic carbocycles. The summed E-state index contributed by atoms with van der Waals surface area (Å²) in [5.74, 6) is 2.18. The van der Waals surface area contributed by atoms with E-state index in [0.29, 0.717) is 18.9 Å². The van der Waals surface area contributed by atoms with Crippen molar-refractivity contribution in [3.05, 3.63) is 52.5 Å². The molecule has 0 aliphatic heterocycles. The molecular formula is C15H16BrNO2. The molecule has 0 heterocycles. The van der Waals surface area contributed by atoms with Gasteiger partial charge in [0.05, 0.1) is 6.61 Å². The van der Waals surface area contributed by atoms with Gasteiger partial charge in [0.25, 0.3) is 0 Å². The molecule has 0 aromatic heterocycles. The highest BCUT2D eigenvalue weighted by molar-refractivity contribution is 9.10. The minimum atomic E-state index is 0.422. The van der Waals surface area contributed by atoms with Crippen molar-refractivity contribution < 1.29 is 9.47 Å². The molecule has 0 atom stereocenters. The van der Waals surface area contributed by atoms with Crippen LogP contribution in [-0.4, -0.2) is 6.61 Å². The number of halogens is 1. The summed E-state index contributed by atoms with van der Waals surface area (Å²) in [6.45, 7) is 2.97. The molecule has 0 spiro atoms. The first kappa shape index (κ1) is 13.9. The Morgan fingerprint density at radius 1 is 1.05 bits per heavy atom. The number of nitrogens with two attached hydrogens (primary N) is 1. The molecule has 0 fully saturated rings. The van der Waals surface area contributed by atoms with Crippen LogP contribution < -0.4 is 15.2 Å². The van der Waals surface area contributed by atoms with Crippen molar-refractivity contribution in [3.8, 4) is 17.2 Å². The molecule has 0 aliphatic rings.